The van der Waals surface area contributed by atoms with Gasteiger partial charge in [0.1, 0.15) is 11.3 Å². The van der Waals surface area contributed by atoms with Crippen LogP contribution in [-0.2, 0) is 20.8 Å². The number of carbonyl (C=O) groups is 3. The summed E-state index contributed by atoms with van der Waals surface area (Å²) in [5.74, 6) is -4.60. The van der Waals surface area contributed by atoms with Crippen LogP contribution in [0.25, 0.3) is 10.9 Å². The first-order chi connectivity index (χ1) is 17.8. The zero-order valence-electron chi connectivity index (χ0n) is 19.4. The molecule has 3 heterocycles. The second-order valence-electron chi connectivity index (χ2n) is 9.49. The number of nitrogens with one attached hydrogen (secondary N) is 2. The number of para-hydroxylation sites is 2. The molecule has 2 aliphatic rings. The van der Waals surface area contributed by atoms with Crippen molar-refractivity contribution in [1.82, 2.24) is 10.3 Å². The van der Waals surface area contributed by atoms with Gasteiger partial charge in [-0.2, -0.15) is 0 Å². The van der Waals surface area contributed by atoms with Gasteiger partial charge in [0, 0.05) is 39.6 Å². The minimum Gasteiger partial charge on any atom is -0.508 e. The monoisotopic (exact) mass is 559 g/mol. The van der Waals surface area contributed by atoms with Crippen LogP contribution in [0.2, 0.25) is 0 Å². The number of hydrogen-bond acceptors (Lipinski definition) is 5. The number of rotatable bonds is 5. The first-order valence-electron chi connectivity index (χ1n) is 11.8. The SMILES string of the molecule is O=C1[C@@H]2[C@H](c3ccccc3O)N[C@@](Cc3c[nH]c4ccccc34)(C(=O)O)[C@H]2C(=O)N1c1ccc(Br)cc1. The minimum absolute atomic E-state index is 0.0369. The highest BCUT2D eigenvalue weighted by atomic mass is 79.9. The molecule has 2 aliphatic heterocycles. The number of aliphatic carboxylic acids is 1. The van der Waals surface area contributed by atoms with Gasteiger partial charge in [-0.1, -0.05) is 52.3 Å². The molecule has 2 saturated heterocycles. The van der Waals surface area contributed by atoms with Crippen molar-refractivity contribution in [3.63, 3.8) is 0 Å². The van der Waals surface area contributed by atoms with Crippen LogP contribution >= 0.6 is 15.9 Å². The molecule has 0 unspecified atom stereocenters. The number of aromatic hydroxyl groups is 1. The summed E-state index contributed by atoms with van der Waals surface area (Å²) in [5.41, 5.74) is 0.507. The number of phenols is 1. The summed E-state index contributed by atoms with van der Waals surface area (Å²) in [7, 11) is 0. The lowest BCUT2D eigenvalue weighted by Gasteiger charge is -2.31. The number of phenolic OH excluding ortho intramolecular Hbond substituents is 1. The molecule has 4 N–H and O–H groups in total. The number of nitrogens with zero attached hydrogens (tertiary/aromatic N) is 1. The smallest absolute Gasteiger partial charge is 0.325 e. The zero-order chi connectivity index (χ0) is 25.9. The van der Waals surface area contributed by atoms with Crippen molar-refractivity contribution in [1.29, 1.82) is 0 Å². The Hall–Kier alpha value is -3.95. The molecular weight excluding hydrogens is 538 g/mol. The van der Waals surface area contributed by atoms with Gasteiger partial charge in [-0.3, -0.25) is 19.7 Å². The van der Waals surface area contributed by atoms with E-state index in [1.165, 1.54) is 6.07 Å². The number of anilines is 1. The first-order valence-corrected chi connectivity index (χ1v) is 12.6. The van der Waals surface area contributed by atoms with Crippen LogP contribution in [0.1, 0.15) is 17.2 Å². The second-order valence-corrected chi connectivity index (χ2v) is 10.4. The molecule has 3 aromatic carbocycles. The topological polar surface area (TPSA) is 123 Å². The molecule has 4 aromatic rings. The van der Waals surface area contributed by atoms with E-state index in [2.05, 4.69) is 26.2 Å². The number of H-pyrrole nitrogens is 1. The van der Waals surface area contributed by atoms with Gasteiger partial charge < -0.3 is 15.2 Å². The quantitative estimate of drug-likeness (QED) is 0.272. The lowest BCUT2D eigenvalue weighted by atomic mass is 9.76. The molecule has 4 atom stereocenters. The molecule has 6 rings (SSSR count). The van der Waals surface area contributed by atoms with Crippen LogP contribution in [-0.4, -0.2) is 38.5 Å². The fourth-order valence-corrected chi connectivity index (χ4v) is 6.14. The fraction of sp³-hybridized carbons (Fsp3) is 0.179. The summed E-state index contributed by atoms with van der Waals surface area (Å²) in [6, 6.07) is 19.9. The summed E-state index contributed by atoms with van der Waals surface area (Å²) in [6.07, 6.45) is 1.71. The molecule has 37 heavy (non-hydrogen) atoms. The van der Waals surface area contributed by atoms with E-state index in [-0.39, 0.29) is 12.2 Å². The maximum Gasteiger partial charge on any atom is 0.325 e. The number of imide groups is 1. The van der Waals surface area contributed by atoms with Crippen LogP contribution in [0.5, 0.6) is 5.75 Å². The molecule has 8 nitrogen and oxygen atoms in total. The highest BCUT2D eigenvalue weighted by Crippen LogP contribution is 2.52. The summed E-state index contributed by atoms with van der Waals surface area (Å²) in [4.78, 5) is 45.2. The lowest BCUT2D eigenvalue weighted by Crippen LogP contribution is -2.57. The predicted molar refractivity (Wildman–Crippen MR) is 140 cm³/mol. The highest BCUT2D eigenvalue weighted by molar-refractivity contribution is 9.10. The van der Waals surface area contributed by atoms with Crippen molar-refractivity contribution in [2.75, 3.05) is 4.90 Å². The Morgan fingerprint density at radius 3 is 2.41 bits per heavy atom. The molecule has 2 fully saturated rings. The Kier molecular flexibility index (Phi) is 5.43. The third-order valence-corrected chi connectivity index (χ3v) is 8.07. The van der Waals surface area contributed by atoms with E-state index in [9.17, 15) is 24.6 Å². The summed E-state index contributed by atoms with van der Waals surface area (Å²) < 4.78 is 0.781. The second kappa shape index (κ2) is 8.57. The zero-order valence-corrected chi connectivity index (χ0v) is 21.0. The van der Waals surface area contributed by atoms with Crippen molar-refractivity contribution < 1.29 is 24.6 Å². The standard InChI is InChI=1S/C28H22BrN3O5/c29-16-9-11-17(12-10-16)32-25(34)22-23(26(32)35)28(27(36)37,31-24(22)19-6-2-4-8-21(19)33)13-15-14-30-20-7-3-1-5-18(15)20/h1-12,14,22-24,30-31,33H,13H2,(H,36,37)/t22-,23+,24-,28+/m0/s1. The number of fused-ring (bicyclic) bond motifs is 2. The molecule has 0 saturated carbocycles. The number of carbonyl (C=O) groups excluding carboxylic acids is 2. The molecule has 1 aromatic heterocycles. The number of amides is 2. The van der Waals surface area contributed by atoms with Crippen molar-refractivity contribution in [2.24, 2.45) is 11.8 Å². The number of halogens is 1. The van der Waals surface area contributed by atoms with Gasteiger partial charge in [0.2, 0.25) is 11.8 Å². The molecular formula is C28H22BrN3O5. The van der Waals surface area contributed by atoms with Crippen LogP contribution in [0, 0.1) is 11.8 Å². The van der Waals surface area contributed by atoms with Crippen LogP contribution < -0.4 is 10.2 Å². The van der Waals surface area contributed by atoms with Gasteiger partial charge in [0.25, 0.3) is 0 Å². The lowest BCUT2D eigenvalue weighted by molar-refractivity contribution is -0.148. The van der Waals surface area contributed by atoms with E-state index in [1.54, 1.807) is 48.7 Å². The van der Waals surface area contributed by atoms with Gasteiger partial charge in [0.05, 0.1) is 17.5 Å². The largest absolute Gasteiger partial charge is 0.508 e. The number of benzene rings is 3. The Morgan fingerprint density at radius 2 is 1.68 bits per heavy atom. The van der Waals surface area contributed by atoms with Crippen LogP contribution in [0.4, 0.5) is 5.69 Å². The number of aromatic amines is 1. The molecule has 0 aliphatic carbocycles. The predicted octanol–water partition coefficient (Wildman–Crippen LogP) is 4.15. The molecule has 0 radical (unpaired) electrons. The maximum absolute atomic E-state index is 14.0. The van der Waals surface area contributed by atoms with Crippen molar-refractivity contribution in [3.8, 4) is 5.75 Å². The van der Waals surface area contributed by atoms with Crippen LogP contribution in [0.3, 0.4) is 0 Å². The first kappa shape index (κ1) is 23.4. The van der Waals surface area contributed by atoms with Gasteiger partial charge in [0.15, 0.2) is 0 Å². The van der Waals surface area contributed by atoms with Crippen molar-refractivity contribution in [2.45, 2.75) is 18.0 Å². The third kappa shape index (κ3) is 3.49. The van der Waals surface area contributed by atoms with Gasteiger partial charge in [-0.15, -0.1) is 0 Å². The Labute approximate surface area is 220 Å². The minimum atomic E-state index is -1.79. The van der Waals surface area contributed by atoms with E-state index in [0.717, 1.165) is 20.3 Å². The van der Waals surface area contributed by atoms with Gasteiger partial charge in [-0.25, -0.2) is 4.90 Å². The van der Waals surface area contributed by atoms with Gasteiger partial charge >= 0.3 is 5.97 Å². The molecule has 0 bridgehead atoms. The number of carboxylic acid groups (broad SMARTS) is 1. The van der Waals surface area contributed by atoms with Gasteiger partial charge in [-0.05, 0) is 42.0 Å². The van der Waals surface area contributed by atoms with E-state index >= 15 is 0 Å². The fourth-order valence-electron chi connectivity index (χ4n) is 5.88. The number of aromatic nitrogens is 1. The maximum atomic E-state index is 14.0. The average Bonchev–Trinajstić information content (AvgIpc) is 3.53. The Bertz CT molecular complexity index is 1570. The van der Waals surface area contributed by atoms with E-state index in [1.807, 2.05) is 24.3 Å². The summed E-state index contributed by atoms with van der Waals surface area (Å²) >= 11 is 3.36. The third-order valence-electron chi connectivity index (χ3n) is 7.54. The average molecular weight is 560 g/mol. The normalized spacial score (nSPS) is 25.1. The number of hydrogen-bond donors (Lipinski definition) is 4. The highest BCUT2D eigenvalue weighted by Gasteiger charge is 2.69. The molecule has 2 amide bonds. The molecule has 9 heteroatoms. The van der Waals surface area contributed by atoms with Crippen molar-refractivity contribution in [3.05, 3.63) is 94.6 Å². The summed E-state index contributed by atoms with van der Waals surface area (Å²) in [6.45, 7) is 0. The van der Waals surface area contributed by atoms with Crippen LogP contribution in [0.15, 0.2) is 83.5 Å². The van der Waals surface area contributed by atoms with E-state index in [0.29, 0.717) is 16.8 Å². The Morgan fingerprint density at radius 1 is 0.973 bits per heavy atom. The van der Waals surface area contributed by atoms with E-state index in [4.69, 9.17) is 0 Å². The molecule has 0 spiro atoms. The summed E-state index contributed by atoms with van der Waals surface area (Å²) in [5, 5.41) is 25.3. The number of carboxylic acids is 1. The van der Waals surface area contributed by atoms with E-state index < -0.39 is 41.2 Å². The molecule has 186 valence electrons. The Balaban J connectivity index is 1.52. The van der Waals surface area contributed by atoms with Crippen molar-refractivity contribution >= 4 is 50.3 Å².